The van der Waals surface area contributed by atoms with Crippen LogP contribution in [-0.4, -0.2) is 18.7 Å². The van der Waals surface area contributed by atoms with Crippen LogP contribution in [0.15, 0.2) is 41.1 Å². The molecule has 0 heterocycles. The fraction of sp³-hybridized carbons (Fsp3) is 0.167. The average Bonchev–Trinajstić information content (AvgIpc) is 2.27. The van der Waals surface area contributed by atoms with Crippen LogP contribution in [0.2, 0.25) is 0 Å². The number of rotatable bonds is 5. The lowest BCUT2D eigenvalue weighted by atomic mass is 10.1. The van der Waals surface area contributed by atoms with Crippen molar-refractivity contribution in [1.82, 2.24) is 0 Å². The van der Waals surface area contributed by atoms with E-state index >= 15 is 0 Å². The van der Waals surface area contributed by atoms with Gasteiger partial charge in [-0.2, -0.15) is 0 Å². The molecule has 3 nitrogen and oxygen atoms in total. The summed E-state index contributed by atoms with van der Waals surface area (Å²) in [6.07, 6.45) is 2.37. The van der Waals surface area contributed by atoms with Crippen LogP contribution < -0.4 is 0 Å². The van der Waals surface area contributed by atoms with E-state index in [1.165, 1.54) is 19.4 Å². The molecule has 0 atom stereocenters. The minimum atomic E-state index is -0.269. The third-order valence-electron chi connectivity index (χ3n) is 1.89. The molecule has 4 heteroatoms. The summed E-state index contributed by atoms with van der Waals surface area (Å²) in [6, 6.07) is 6.89. The predicted octanol–water partition coefficient (Wildman–Crippen LogP) is 2.75. The highest BCUT2D eigenvalue weighted by atomic mass is 79.9. The van der Waals surface area contributed by atoms with E-state index in [0.717, 1.165) is 4.47 Å². The van der Waals surface area contributed by atoms with Crippen LogP contribution in [0.25, 0.3) is 0 Å². The van der Waals surface area contributed by atoms with Gasteiger partial charge in [0.1, 0.15) is 0 Å². The zero-order chi connectivity index (χ0) is 12.0. The third kappa shape index (κ3) is 3.98. The summed E-state index contributed by atoms with van der Waals surface area (Å²) in [5.74, 6) is -0.465. The summed E-state index contributed by atoms with van der Waals surface area (Å²) >= 11 is 3.27. The standard InChI is InChI=1S/C12H11BrO3/c1-16-7-6-11(14)8-12(15)9-2-4-10(13)5-3-9/h2-7H,8H2,1H3. The van der Waals surface area contributed by atoms with Gasteiger partial charge >= 0.3 is 0 Å². The lowest BCUT2D eigenvalue weighted by Gasteiger charge is -1.98. The molecule has 0 radical (unpaired) electrons. The van der Waals surface area contributed by atoms with Crippen molar-refractivity contribution in [2.24, 2.45) is 0 Å². The van der Waals surface area contributed by atoms with Crippen molar-refractivity contribution in [3.8, 4) is 0 Å². The largest absolute Gasteiger partial charge is 0.504 e. The Kier molecular flexibility index (Phi) is 4.92. The fourth-order valence-electron chi connectivity index (χ4n) is 1.10. The van der Waals surface area contributed by atoms with Crippen molar-refractivity contribution >= 4 is 27.5 Å². The summed E-state index contributed by atoms with van der Waals surface area (Å²) in [6.45, 7) is 0. The molecule has 16 heavy (non-hydrogen) atoms. The molecular formula is C12H11BrO3. The summed E-state index contributed by atoms with van der Waals surface area (Å²) in [7, 11) is 1.44. The molecule has 0 saturated carbocycles. The molecule has 0 bridgehead atoms. The van der Waals surface area contributed by atoms with Crippen molar-refractivity contribution in [3.05, 3.63) is 46.6 Å². The first kappa shape index (κ1) is 12.6. The van der Waals surface area contributed by atoms with Gasteiger partial charge < -0.3 is 4.74 Å². The smallest absolute Gasteiger partial charge is 0.170 e. The number of carbonyl (C=O) groups is 2. The molecule has 1 aromatic carbocycles. The van der Waals surface area contributed by atoms with Crippen molar-refractivity contribution in [2.45, 2.75) is 6.42 Å². The van der Waals surface area contributed by atoms with Gasteiger partial charge in [-0.3, -0.25) is 9.59 Å². The molecule has 0 N–H and O–H groups in total. The van der Waals surface area contributed by atoms with E-state index in [1.807, 2.05) is 0 Å². The third-order valence-corrected chi connectivity index (χ3v) is 2.42. The van der Waals surface area contributed by atoms with E-state index in [1.54, 1.807) is 24.3 Å². The average molecular weight is 283 g/mol. The number of hydrogen-bond acceptors (Lipinski definition) is 3. The number of allylic oxidation sites excluding steroid dienone is 1. The molecule has 0 saturated heterocycles. The molecule has 0 aliphatic carbocycles. The highest BCUT2D eigenvalue weighted by molar-refractivity contribution is 9.10. The summed E-state index contributed by atoms with van der Waals surface area (Å²) < 4.78 is 5.49. The number of ether oxygens (including phenoxy) is 1. The zero-order valence-corrected chi connectivity index (χ0v) is 10.4. The van der Waals surface area contributed by atoms with E-state index in [-0.39, 0.29) is 18.0 Å². The second-order valence-electron chi connectivity index (χ2n) is 3.11. The first-order chi connectivity index (χ1) is 7.63. The van der Waals surface area contributed by atoms with Crippen LogP contribution in [0.1, 0.15) is 16.8 Å². The van der Waals surface area contributed by atoms with Crippen molar-refractivity contribution in [2.75, 3.05) is 7.11 Å². The van der Waals surface area contributed by atoms with E-state index in [4.69, 9.17) is 0 Å². The maximum Gasteiger partial charge on any atom is 0.170 e. The predicted molar refractivity (Wildman–Crippen MR) is 64.2 cm³/mol. The van der Waals surface area contributed by atoms with E-state index < -0.39 is 0 Å². The normalized spacial score (nSPS) is 10.4. The zero-order valence-electron chi connectivity index (χ0n) is 8.77. The van der Waals surface area contributed by atoms with Gasteiger partial charge in [-0.15, -0.1) is 0 Å². The van der Waals surface area contributed by atoms with Crippen LogP contribution in [0.5, 0.6) is 0 Å². The first-order valence-corrected chi connectivity index (χ1v) is 5.43. The summed E-state index contributed by atoms with van der Waals surface area (Å²) in [5.41, 5.74) is 0.530. The van der Waals surface area contributed by atoms with Crippen LogP contribution in [0.4, 0.5) is 0 Å². The second-order valence-corrected chi connectivity index (χ2v) is 4.03. The highest BCUT2D eigenvalue weighted by Gasteiger charge is 2.09. The monoisotopic (exact) mass is 282 g/mol. The molecule has 0 amide bonds. The first-order valence-electron chi connectivity index (χ1n) is 4.64. The Morgan fingerprint density at radius 3 is 2.50 bits per heavy atom. The van der Waals surface area contributed by atoms with Crippen LogP contribution >= 0.6 is 15.9 Å². The minimum absolute atomic E-state index is 0.137. The molecule has 0 aliphatic rings. The number of carbonyl (C=O) groups excluding carboxylic acids is 2. The number of benzene rings is 1. The molecule has 0 aromatic heterocycles. The van der Waals surface area contributed by atoms with Crippen LogP contribution in [-0.2, 0) is 9.53 Å². The lowest BCUT2D eigenvalue weighted by Crippen LogP contribution is -2.05. The number of methoxy groups -OCH3 is 1. The summed E-state index contributed by atoms with van der Waals surface area (Å²) in [4.78, 5) is 22.9. The van der Waals surface area contributed by atoms with Gasteiger partial charge in [0, 0.05) is 16.1 Å². The maximum atomic E-state index is 11.6. The van der Waals surface area contributed by atoms with E-state index in [2.05, 4.69) is 20.7 Å². The molecule has 1 rings (SSSR count). The van der Waals surface area contributed by atoms with Crippen LogP contribution in [0.3, 0.4) is 0 Å². The van der Waals surface area contributed by atoms with Gasteiger partial charge in [0.05, 0.1) is 19.8 Å². The topological polar surface area (TPSA) is 43.4 Å². The van der Waals surface area contributed by atoms with Crippen molar-refractivity contribution in [3.63, 3.8) is 0 Å². The number of ketones is 2. The Hall–Kier alpha value is -1.42. The van der Waals surface area contributed by atoms with E-state index in [9.17, 15) is 9.59 Å². The quantitative estimate of drug-likeness (QED) is 0.361. The Bertz CT molecular complexity index is 407. The Morgan fingerprint density at radius 1 is 1.31 bits per heavy atom. The van der Waals surface area contributed by atoms with E-state index in [0.29, 0.717) is 5.56 Å². The molecule has 0 unspecified atom stereocenters. The summed E-state index contributed by atoms with van der Waals surface area (Å²) in [5, 5.41) is 0. The Balaban J connectivity index is 2.62. The molecule has 0 aliphatic heterocycles. The van der Waals surface area contributed by atoms with Crippen molar-refractivity contribution in [1.29, 1.82) is 0 Å². The maximum absolute atomic E-state index is 11.6. The van der Waals surface area contributed by atoms with Gasteiger partial charge in [0.25, 0.3) is 0 Å². The highest BCUT2D eigenvalue weighted by Crippen LogP contribution is 2.12. The Morgan fingerprint density at radius 2 is 1.94 bits per heavy atom. The number of hydrogen-bond donors (Lipinski definition) is 0. The molecular weight excluding hydrogens is 272 g/mol. The minimum Gasteiger partial charge on any atom is -0.504 e. The number of Topliss-reactive ketones (excluding diaryl/α,β-unsaturated/α-hetero) is 1. The molecule has 0 fully saturated rings. The molecule has 1 aromatic rings. The molecule has 0 spiro atoms. The van der Waals surface area contributed by atoms with Gasteiger partial charge in [-0.05, 0) is 12.1 Å². The SMILES string of the molecule is COC=CC(=O)CC(=O)c1ccc(Br)cc1. The fourth-order valence-corrected chi connectivity index (χ4v) is 1.36. The van der Waals surface area contributed by atoms with Gasteiger partial charge in [0.2, 0.25) is 0 Å². The lowest BCUT2D eigenvalue weighted by molar-refractivity contribution is -0.113. The van der Waals surface area contributed by atoms with Crippen molar-refractivity contribution < 1.29 is 14.3 Å². The van der Waals surface area contributed by atoms with Gasteiger partial charge in [-0.1, -0.05) is 28.1 Å². The molecule has 84 valence electrons. The Labute approximate surface area is 102 Å². The van der Waals surface area contributed by atoms with Gasteiger partial charge in [0.15, 0.2) is 11.6 Å². The van der Waals surface area contributed by atoms with Gasteiger partial charge in [-0.25, -0.2) is 0 Å². The second kappa shape index (κ2) is 6.23. The van der Waals surface area contributed by atoms with Crippen LogP contribution in [0, 0.1) is 0 Å². The number of halogens is 1.